The molecule has 16 heavy (non-hydrogen) atoms. The number of nitrogens with two attached hydrogens (primary N) is 1. The number of aliphatic hydroxyl groups is 1. The molecule has 0 aromatic carbocycles. The summed E-state index contributed by atoms with van der Waals surface area (Å²) < 4.78 is 5.55. The van der Waals surface area contributed by atoms with Crippen molar-refractivity contribution in [3.05, 3.63) is 23.7 Å². The van der Waals surface area contributed by atoms with Gasteiger partial charge in [0.1, 0.15) is 11.5 Å². The van der Waals surface area contributed by atoms with Crippen LogP contribution in [0.5, 0.6) is 0 Å². The molecule has 1 aromatic heterocycles. The van der Waals surface area contributed by atoms with Crippen LogP contribution in [0.4, 0.5) is 0 Å². The van der Waals surface area contributed by atoms with Crippen LogP contribution in [0.3, 0.4) is 0 Å². The van der Waals surface area contributed by atoms with Gasteiger partial charge in [-0.1, -0.05) is 6.92 Å². The lowest BCUT2D eigenvalue weighted by Gasteiger charge is -2.24. The second-order valence-corrected chi connectivity index (χ2v) is 4.35. The summed E-state index contributed by atoms with van der Waals surface area (Å²) in [7, 11) is 0. The van der Waals surface area contributed by atoms with E-state index < -0.39 is 0 Å². The fourth-order valence-electron chi connectivity index (χ4n) is 1.55. The van der Waals surface area contributed by atoms with Gasteiger partial charge in [-0.05, 0) is 31.9 Å². The number of aryl methyl sites for hydroxylation is 1. The van der Waals surface area contributed by atoms with Crippen LogP contribution in [0.2, 0.25) is 0 Å². The van der Waals surface area contributed by atoms with Crippen LogP contribution in [-0.2, 0) is 0 Å². The Balaban J connectivity index is 2.62. The van der Waals surface area contributed by atoms with Crippen molar-refractivity contribution in [2.75, 3.05) is 13.2 Å². The largest absolute Gasteiger partial charge is 0.465 e. The summed E-state index contributed by atoms with van der Waals surface area (Å²) in [4.78, 5) is 0. The molecule has 1 rings (SSSR count). The number of hydrogen-bond acceptors (Lipinski definition) is 4. The second kappa shape index (κ2) is 6.03. The maximum atomic E-state index is 9.07. The zero-order valence-electron chi connectivity index (χ0n) is 10.2. The molecular weight excluding hydrogens is 204 g/mol. The third-order valence-electron chi connectivity index (χ3n) is 2.95. The molecule has 3 atom stereocenters. The Hall–Kier alpha value is -0.840. The first kappa shape index (κ1) is 13.2. The van der Waals surface area contributed by atoms with Gasteiger partial charge in [0, 0.05) is 19.2 Å². The molecule has 0 saturated heterocycles. The van der Waals surface area contributed by atoms with Gasteiger partial charge in [-0.15, -0.1) is 0 Å². The maximum absolute atomic E-state index is 9.07. The lowest BCUT2D eigenvalue weighted by atomic mass is 10.0. The van der Waals surface area contributed by atoms with Gasteiger partial charge in [0.15, 0.2) is 0 Å². The normalized spacial score (nSPS) is 17.1. The van der Waals surface area contributed by atoms with Crippen molar-refractivity contribution in [3.8, 4) is 0 Å². The number of nitrogens with one attached hydrogen (secondary N) is 1. The van der Waals surface area contributed by atoms with Crippen molar-refractivity contribution in [1.29, 1.82) is 0 Å². The molecule has 0 amide bonds. The Kier molecular flexibility index (Phi) is 4.99. The lowest BCUT2D eigenvalue weighted by molar-refractivity contribution is 0.198. The molecular formula is C12H22N2O2. The molecule has 0 aliphatic heterocycles. The second-order valence-electron chi connectivity index (χ2n) is 4.35. The maximum Gasteiger partial charge on any atom is 0.122 e. The van der Waals surface area contributed by atoms with Crippen LogP contribution in [0, 0.1) is 12.8 Å². The first-order chi connectivity index (χ1) is 7.58. The molecule has 0 spiro atoms. The number of aliphatic hydroxyl groups excluding tert-OH is 1. The van der Waals surface area contributed by atoms with Gasteiger partial charge in [-0.2, -0.15) is 0 Å². The van der Waals surface area contributed by atoms with Gasteiger partial charge < -0.3 is 20.6 Å². The predicted molar refractivity (Wildman–Crippen MR) is 64.1 cm³/mol. The minimum atomic E-state index is 0.0118. The summed E-state index contributed by atoms with van der Waals surface area (Å²) in [5.41, 5.74) is 5.72. The Morgan fingerprint density at radius 3 is 2.56 bits per heavy atom. The summed E-state index contributed by atoms with van der Waals surface area (Å²) in [5.74, 6) is 1.94. The van der Waals surface area contributed by atoms with Crippen LogP contribution < -0.4 is 11.1 Å². The molecule has 0 bridgehead atoms. The molecule has 92 valence electrons. The molecule has 4 heteroatoms. The summed E-state index contributed by atoms with van der Waals surface area (Å²) in [6.07, 6.45) is 0. The summed E-state index contributed by atoms with van der Waals surface area (Å²) in [5, 5.41) is 12.4. The van der Waals surface area contributed by atoms with Crippen molar-refractivity contribution < 1.29 is 9.52 Å². The van der Waals surface area contributed by atoms with Crippen LogP contribution in [0.1, 0.15) is 31.4 Å². The van der Waals surface area contributed by atoms with E-state index in [1.165, 1.54) is 0 Å². The van der Waals surface area contributed by atoms with E-state index in [0.29, 0.717) is 6.54 Å². The topological polar surface area (TPSA) is 71.4 Å². The third-order valence-corrected chi connectivity index (χ3v) is 2.95. The van der Waals surface area contributed by atoms with E-state index in [-0.39, 0.29) is 24.6 Å². The van der Waals surface area contributed by atoms with Crippen LogP contribution >= 0.6 is 0 Å². The molecule has 1 aromatic rings. The predicted octanol–water partition coefficient (Wildman–Crippen LogP) is 1.19. The van der Waals surface area contributed by atoms with Gasteiger partial charge in [0.2, 0.25) is 0 Å². The zero-order valence-corrected chi connectivity index (χ0v) is 10.2. The molecule has 4 N–H and O–H groups in total. The Bertz CT molecular complexity index is 312. The van der Waals surface area contributed by atoms with Gasteiger partial charge in [0.25, 0.3) is 0 Å². The minimum Gasteiger partial charge on any atom is -0.465 e. The van der Waals surface area contributed by atoms with Crippen molar-refractivity contribution in [2.24, 2.45) is 11.7 Å². The number of rotatable bonds is 6. The van der Waals surface area contributed by atoms with E-state index in [4.69, 9.17) is 15.3 Å². The molecule has 3 unspecified atom stereocenters. The monoisotopic (exact) mass is 226 g/mol. The van der Waals surface area contributed by atoms with E-state index in [1.54, 1.807) is 0 Å². The third kappa shape index (κ3) is 3.33. The zero-order chi connectivity index (χ0) is 12.1. The highest BCUT2D eigenvalue weighted by Gasteiger charge is 2.19. The van der Waals surface area contributed by atoms with Gasteiger partial charge in [0.05, 0.1) is 6.04 Å². The van der Waals surface area contributed by atoms with Crippen LogP contribution in [-0.4, -0.2) is 24.3 Å². The minimum absolute atomic E-state index is 0.0118. The highest BCUT2D eigenvalue weighted by molar-refractivity contribution is 5.10. The van der Waals surface area contributed by atoms with E-state index in [9.17, 15) is 0 Å². The van der Waals surface area contributed by atoms with Gasteiger partial charge in [-0.25, -0.2) is 0 Å². The fourth-order valence-corrected chi connectivity index (χ4v) is 1.55. The Morgan fingerprint density at radius 2 is 2.12 bits per heavy atom. The van der Waals surface area contributed by atoms with Crippen molar-refractivity contribution >= 4 is 0 Å². The first-order valence-corrected chi connectivity index (χ1v) is 5.71. The Labute approximate surface area is 96.8 Å². The standard InChI is InChI=1S/C12H22N2O2/c1-8(7-15)10(3)14-11(6-13)12-5-4-9(2)16-12/h4-5,8,10-11,14-15H,6-7,13H2,1-3H3. The van der Waals surface area contributed by atoms with E-state index in [2.05, 4.69) is 5.32 Å². The summed E-state index contributed by atoms with van der Waals surface area (Å²) in [6.45, 7) is 6.60. The average molecular weight is 226 g/mol. The molecule has 4 nitrogen and oxygen atoms in total. The highest BCUT2D eigenvalue weighted by Crippen LogP contribution is 2.17. The summed E-state index contributed by atoms with van der Waals surface area (Å²) in [6, 6.07) is 4.08. The molecule has 0 aliphatic carbocycles. The molecule has 0 saturated carbocycles. The van der Waals surface area contributed by atoms with Crippen molar-refractivity contribution in [1.82, 2.24) is 5.32 Å². The fraction of sp³-hybridized carbons (Fsp3) is 0.667. The highest BCUT2D eigenvalue weighted by atomic mass is 16.3. The lowest BCUT2D eigenvalue weighted by Crippen LogP contribution is -2.39. The SMILES string of the molecule is Cc1ccc(C(CN)NC(C)C(C)CO)o1. The van der Waals surface area contributed by atoms with E-state index in [1.807, 2.05) is 32.9 Å². The van der Waals surface area contributed by atoms with Gasteiger partial charge >= 0.3 is 0 Å². The van der Waals surface area contributed by atoms with E-state index in [0.717, 1.165) is 11.5 Å². The average Bonchev–Trinajstić information content (AvgIpc) is 2.71. The quantitative estimate of drug-likeness (QED) is 0.681. The molecule has 0 fully saturated rings. The van der Waals surface area contributed by atoms with Crippen LogP contribution in [0.25, 0.3) is 0 Å². The first-order valence-electron chi connectivity index (χ1n) is 5.71. The molecule has 0 aliphatic rings. The molecule has 0 radical (unpaired) electrons. The van der Waals surface area contributed by atoms with Gasteiger partial charge in [-0.3, -0.25) is 0 Å². The van der Waals surface area contributed by atoms with Crippen molar-refractivity contribution in [3.63, 3.8) is 0 Å². The number of furan rings is 1. The van der Waals surface area contributed by atoms with Crippen molar-refractivity contribution in [2.45, 2.75) is 32.9 Å². The summed E-state index contributed by atoms with van der Waals surface area (Å²) >= 11 is 0. The smallest absolute Gasteiger partial charge is 0.122 e. The molecule has 1 heterocycles. The van der Waals surface area contributed by atoms with Crippen LogP contribution in [0.15, 0.2) is 16.5 Å². The number of hydrogen-bond donors (Lipinski definition) is 3. The Morgan fingerprint density at radius 1 is 1.44 bits per heavy atom. The van der Waals surface area contributed by atoms with E-state index >= 15 is 0 Å².